The van der Waals surface area contributed by atoms with Crippen molar-refractivity contribution in [1.82, 2.24) is 39.5 Å². The highest BCUT2D eigenvalue weighted by Gasteiger charge is 2.45. The van der Waals surface area contributed by atoms with Gasteiger partial charge in [0.15, 0.2) is 5.65 Å². The molecule has 0 spiro atoms. The minimum Gasteiger partial charge on any atom is -0.368 e. The van der Waals surface area contributed by atoms with Gasteiger partial charge in [-0.15, -0.1) is 0 Å². The number of anilines is 2. The van der Waals surface area contributed by atoms with Crippen LogP contribution in [0.3, 0.4) is 0 Å². The number of hydrogen-bond donors (Lipinski definition) is 2. The molecule has 2 saturated heterocycles. The summed E-state index contributed by atoms with van der Waals surface area (Å²) in [6.07, 6.45) is 13.7. The van der Waals surface area contributed by atoms with Crippen molar-refractivity contribution in [2.75, 3.05) is 30.4 Å². The van der Waals surface area contributed by atoms with Crippen LogP contribution in [-0.4, -0.2) is 102 Å². The molecule has 5 aromatic rings. The van der Waals surface area contributed by atoms with Gasteiger partial charge in [0.05, 0.1) is 28.9 Å². The Morgan fingerprint density at radius 2 is 1.73 bits per heavy atom. The maximum atomic E-state index is 13.4. The minimum absolute atomic E-state index is 0.0922. The van der Waals surface area contributed by atoms with Crippen molar-refractivity contribution >= 4 is 57.5 Å². The molecule has 1 unspecified atom stereocenters. The number of nitrogens with zero attached hydrogens (tertiary/aromatic N) is 8. The van der Waals surface area contributed by atoms with Crippen LogP contribution in [0.2, 0.25) is 0 Å². The molecule has 3 aliphatic heterocycles. The van der Waals surface area contributed by atoms with Crippen molar-refractivity contribution in [3.8, 4) is 0 Å². The monoisotopic (exact) mass is 740 g/mol. The van der Waals surface area contributed by atoms with Crippen LogP contribution in [0.25, 0.3) is 16.6 Å². The SMILES string of the molecule is CN(C1CCC(n2cc3cc(NC(=O)c4cnn5cccnc45)c(C4CC4)cc3n2)CC1)C1CN(c2ccc3c(c2)C(=O)N(C2CCC(=O)NC2=O)C3=O)C1. The predicted molar refractivity (Wildman–Crippen MR) is 201 cm³/mol. The largest absolute Gasteiger partial charge is 0.368 e. The number of piperidine rings is 1. The van der Waals surface area contributed by atoms with Crippen LogP contribution < -0.4 is 15.5 Å². The number of likely N-dealkylation sites (N-methyl/N-ethyl adjacent to an activating group) is 1. The first-order valence-corrected chi connectivity index (χ1v) is 19.1. The number of imide groups is 2. The number of benzene rings is 2. The summed E-state index contributed by atoms with van der Waals surface area (Å²) in [5.74, 6) is -1.78. The Hall–Kier alpha value is -5.96. The fourth-order valence-electron chi connectivity index (χ4n) is 8.92. The Morgan fingerprint density at radius 3 is 2.51 bits per heavy atom. The highest BCUT2D eigenvalue weighted by atomic mass is 16.2. The number of fused-ring (bicyclic) bond motifs is 3. The zero-order valence-electron chi connectivity index (χ0n) is 30.4. The van der Waals surface area contributed by atoms with Crippen molar-refractivity contribution in [2.45, 2.75) is 81.5 Å². The van der Waals surface area contributed by atoms with Crippen LogP contribution in [0.5, 0.6) is 0 Å². The summed E-state index contributed by atoms with van der Waals surface area (Å²) in [6, 6.07) is 11.5. The highest BCUT2D eigenvalue weighted by molar-refractivity contribution is 6.23. The molecule has 0 bridgehead atoms. The van der Waals surface area contributed by atoms with Crippen LogP contribution in [0.4, 0.5) is 11.4 Å². The molecule has 0 radical (unpaired) electrons. The molecule has 6 heterocycles. The second-order valence-electron chi connectivity index (χ2n) is 15.6. The quantitative estimate of drug-likeness (QED) is 0.223. The smallest absolute Gasteiger partial charge is 0.262 e. The van der Waals surface area contributed by atoms with Gasteiger partial charge in [-0.2, -0.15) is 10.2 Å². The van der Waals surface area contributed by atoms with E-state index in [0.717, 1.165) is 84.4 Å². The average molecular weight is 741 g/mol. The van der Waals surface area contributed by atoms with E-state index in [1.807, 2.05) is 6.07 Å². The van der Waals surface area contributed by atoms with E-state index in [4.69, 9.17) is 5.10 Å². The molecule has 15 heteroatoms. The van der Waals surface area contributed by atoms with Crippen molar-refractivity contribution < 1.29 is 24.0 Å². The van der Waals surface area contributed by atoms with Gasteiger partial charge >= 0.3 is 0 Å². The van der Waals surface area contributed by atoms with Gasteiger partial charge in [-0.3, -0.25) is 43.8 Å². The summed E-state index contributed by atoms with van der Waals surface area (Å²) in [7, 11) is 2.20. The molecular weight excluding hydrogens is 701 g/mol. The van der Waals surface area contributed by atoms with E-state index in [2.05, 4.69) is 60.6 Å². The third kappa shape index (κ3) is 5.75. The second kappa shape index (κ2) is 12.8. The normalized spacial score (nSPS) is 23.1. The fraction of sp³-hybridized carbons (Fsp3) is 0.400. The average Bonchev–Trinajstić information content (AvgIpc) is 3.70. The molecular formula is C40H40N10O5. The molecule has 4 fully saturated rings. The lowest BCUT2D eigenvalue weighted by molar-refractivity contribution is -0.136. The molecule has 2 aromatic carbocycles. The minimum atomic E-state index is -0.973. The lowest BCUT2D eigenvalue weighted by Crippen LogP contribution is -2.61. The van der Waals surface area contributed by atoms with Gasteiger partial charge in [0.25, 0.3) is 17.7 Å². The Morgan fingerprint density at radius 1 is 0.927 bits per heavy atom. The predicted octanol–water partition coefficient (Wildman–Crippen LogP) is 3.91. The van der Waals surface area contributed by atoms with E-state index >= 15 is 0 Å². The molecule has 15 nitrogen and oxygen atoms in total. The third-order valence-electron chi connectivity index (χ3n) is 12.3. The van der Waals surface area contributed by atoms with E-state index in [0.29, 0.717) is 46.4 Å². The van der Waals surface area contributed by atoms with Crippen LogP contribution >= 0.6 is 0 Å². The maximum absolute atomic E-state index is 13.4. The molecule has 1 atom stereocenters. The first kappa shape index (κ1) is 33.6. The summed E-state index contributed by atoms with van der Waals surface area (Å²) in [6.45, 7) is 1.63. The third-order valence-corrected chi connectivity index (χ3v) is 12.3. The molecule has 55 heavy (non-hydrogen) atoms. The van der Waals surface area contributed by atoms with Gasteiger partial charge in [0.2, 0.25) is 11.8 Å². The van der Waals surface area contributed by atoms with Crippen LogP contribution in [-0.2, 0) is 9.59 Å². The topological polar surface area (TPSA) is 167 Å². The van der Waals surface area contributed by atoms with Gasteiger partial charge in [0.1, 0.15) is 11.6 Å². The van der Waals surface area contributed by atoms with Crippen molar-refractivity contribution in [2.24, 2.45) is 0 Å². The van der Waals surface area contributed by atoms with E-state index in [9.17, 15) is 24.0 Å². The number of aromatic nitrogens is 5. The van der Waals surface area contributed by atoms with Gasteiger partial charge in [0, 0.05) is 66.9 Å². The van der Waals surface area contributed by atoms with Gasteiger partial charge < -0.3 is 10.2 Å². The van der Waals surface area contributed by atoms with Crippen molar-refractivity contribution in [3.05, 3.63) is 83.4 Å². The lowest BCUT2D eigenvalue weighted by atomic mass is 9.89. The Labute approximate surface area is 315 Å². The fourth-order valence-corrected chi connectivity index (χ4v) is 8.92. The van der Waals surface area contributed by atoms with Crippen LogP contribution in [0, 0.1) is 0 Å². The second-order valence-corrected chi connectivity index (χ2v) is 15.6. The van der Waals surface area contributed by atoms with Crippen LogP contribution in [0.15, 0.2) is 61.2 Å². The number of rotatable bonds is 8. The number of amides is 5. The first-order valence-electron chi connectivity index (χ1n) is 19.1. The Bertz CT molecular complexity index is 2440. The molecule has 10 rings (SSSR count). The van der Waals surface area contributed by atoms with Gasteiger partial charge in [-0.05, 0) is 99.9 Å². The zero-order valence-corrected chi connectivity index (χ0v) is 30.4. The zero-order chi connectivity index (χ0) is 37.5. The number of nitrogens with one attached hydrogen (secondary N) is 2. The van der Waals surface area contributed by atoms with E-state index in [-0.39, 0.29) is 18.7 Å². The molecule has 5 amide bonds. The highest BCUT2D eigenvalue weighted by Crippen LogP contribution is 2.45. The summed E-state index contributed by atoms with van der Waals surface area (Å²) in [5, 5.41) is 15.7. The number of hydrogen-bond acceptors (Lipinski definition) is 10. The van der Waals surface area contributed by atoms with E-state index < -0.39 is 29.7 Å². The van der Waals surface area contributed by atoms with Crippen molar-refractivity contribution in [3.63, 3.8) is 0 Å². The Kier molecular flexibility index (Phi) is 7.83. The number of carbonyl (C=O) groups is 5. The molecule has 280 valence electrons. The Balaban J connectivity index is 0.767. The first-order chi connectivity index (χ1) is 26.7. The molecule has 2 aliphatic carbocycles. The molecule has 3 aromatic heterocycles. The lowest BCUT2D eigenvalue weighted by Gasteiger charge is -2.49. The molecule has 5 aliphatic rings. The van der Waals surface area contributed by atoms with Crippen LogP contribution in [0.1, 0.15) is 100.0 Å². The van der Waals surface area contributed by atoms with Crippen molar-refractivity contribution in [1.29, 1.82) is 0 Å². The summed E-state index contributed by atoms with van der Waals surface area (Å²) < 4.78 is 3.73. The maximum Gasteiger partial charge on any atom is 0.262 e. The van der Waals surface area contributed by atoms with E-state index in [1.54, 1.807) is 41.3 Å². The summed E-state index contributed by atoms with van der Waals surface area (Å²) in [5.41, 5.74) is 5.34. The molecule has 2 saturated carbocycles. The molecule has 2 N–H and O–H groups in total. The number of carbonyl (C=O) groups excluding carboxylic acids is 5. The summed E-state index contributed by atoms with van der Waals surface area (Å²) >= 11 is 0. The summed E-state index contributed by atoms with van der Waals surface area (Å²) in [4.78, 5) is 74.0. The van der Waals surface area contributed by atoms with E-state index in [1.165, 1.54) is 0 Å². The standard InChI is InChI=1S/C40H40N10O5/c1-46(27-20-47(21-27)26-9-10-28-30(16-26)40(55)50(39(28)54)34-11-12-35(51)44-38(34)53)24-5-7-25(8-6-24)49-19-23-15-33(29(22-3-4-22)17-32(23)45-49)43-37(52)31-18-42-48-14-2-13-41-36(31)48/h2,9-10,13-19,22,24-25,27,34H,3-8,11-12,20-21H2,1H3,(H,43,52)(H,44,51,53). The van der Waals surface area contributed by atoms with Gasteiger partial charge in [-0.1, -0.05) is 0 Å². The van der Waals surface area contributed by atoms with Gasteiger partial charge in [-0.25, -0.2) is 9.50 Å².